The van der Waals surface area contributed by atoms with Gasteiger partial charge in [0.25, 0.3) is 0 Å². The molecule has 10 heteroatoms. The van der Waals surface area contributed by atoms with E-state index in [-0.39, 0.29) is 31.5 Å². The maximum absolute atomic E-state index is 13.6. The second-order valence-corrected chi connectivity index (χ2v) is 27.5. The van der Waals surface area contributed by atoms with Gasteiger partial charge >= 0.3 is 13.8 Å². The Labute approximate surface area is 556 Å². The quantitative estimate of drug-likeness (QED) is 0.0205. The Bertz CT molecular complexity index is 1960. The Kier molecular flexibility index (Phi) is 65.6. The molecule has 518 valence electrons. The maximum Gasteiger partial charge on any atom is 0.472 e. The van der Waals surface area contributed by atoms with Crippen LogP contribution in [0.1, 0.15) is 323 Å². The number of ether oxygens (including phenoxy) is 1. The van der Waals surface area contributed by atoms with Crippen molar-refractivity contribution in [3.05, 3.63) is 122 Å². The van der Waals surface area contributed by atoms with Crippen molar-refractivity contribution in [2.75, 3.05) is 40.9 Å². The molecule has 0 spiro atoms. The first kappa shape index (κ1) is 86.4. The van der Waals surface area contributed by atoms with Gasteiger partial charge in [0.1, 0.15) is 19.3 Å². The Hall–Kier alpha value is -3.59. The molecule has 0 heterocycles. The Balaban J connectivity index is 5.04. The zero-order valence-electron chi connectivity index (χ0n) is 59.3. The first-order chi connectivity index (χ1) is 43.9. The third-order valence-corrected chi connectivity index (χ3v) is 17.1. The van der Waals surface area contributed by atoms with Crippen molar-refractivity contribution in [3.63, 3.8) is 0 Å². The average molecular weight is 1270 g/mol. The van der Waals surface area contributed by atoms with E-state index in [1.54, 1.807) is 0 Å². The molecule has 0 fully saturated rings. The molecule has 1 amide bonds. The standard InChI is InChI=1S/C80H141N2O7P/c1-7-10-13-16-19-22-25-28-30-32-34-36-38-40-41-43-44-46-48-50-52-54-57-60-63-66-69-72-79(83)81-77(76-88-90(85,86)87-75-74-82(4,5)6)78(71-68-65-62-59-56-27-24-21-18-15-12-9-3)89-80(84)73-70-67-64-61-58-55-53-51-49-47-45-42-39-37-35-33-31-29-26-23-20-17-14-11-8-2/h10,13,19-20,22-23,28-31,34-37,40-42,45,68,71,77-78H,7-9,11-12,14-18,21,24-27,32-33,38-39,43-44,46-67,69-70,72-76H2,1-6H3,(H-,81,83,85,86)/p+1/b13-10-,22-19-,23-20-,30-28-,31-29-,36-34-,37-35-,41-40-,45-42-,71-68+. The maximum atomic E-state index is 13.6. The Morgan fingerprint density at radius 2 is 0.711 bits per heavy atom. The molecular formula is C80H142N2O7P+. The van der Waals surface area contributed by atoms with E-state index in [1.807, 2.05) is 33.3 Å². The number of quaternary nitrogens is 1. The highest BCUT2D eigenvalue weighted by Gasteiger charge is 2.30. The minimum absolute atomic E-state index is 0.0335. The van der Waals surface area contributed by atoms with E-state index in [9.17, 15) is 19.0 Å². The molecule has 0 rings (SSSR count). The number of phosphoric ester groups is 1. The summed E-state index contributed by atoms with van der Waals surface area (Å²) in [6.07, 6.45) is 96.4. The lowest BCUT2D eigenvalue weighted by atomic mass is 10.0. The third-order valence-electron chi connectivity index (χ3n) is 16.1. The summed E-state index contributed by atoms with van der Waals surface area (Å²) in [6.45, 7) is 6.88. The summed E-state index contributed by atoms with van der Waals surface area (Å²) in [5, 5.41) is 3.07. The molecule has 0 aromatic carbocycles. The molecule has 0 bridgehead atoms. The van der Waals surface area contributed by atoms with Crippen molar-refractivity contribution in [1.82, 2.24) is 5.32 Å². The van der Waals surface area contributed by atoms with Crippen LogP contribution in [0.4, 0.5) is 0 Å². The van der Waals surface area contributed by atoms with E-state index in [4.69, 9.17) is 13.8 Å². The smallest absolute Gasteiger partial charge is 0.456 e. The summed E-state index contributed by atoms with van der Waals surface area (Å²) < 4.78 is 30.9. The summed E-state index contributed by atoms with van der Waals surface area (Å²) in [6, 6.07) is -0.862. The van der Waals surface area contributed by atoms with Gasteiger partial charge in [-0.1, -0.05) is 310 Å². The van der Waals surface area contributed by atoms with Crippen LogP contribution in [-0.2, 0) is 27.9 Å². The SMILES string of the molecule is CC/C=C\C/C=C\C/C=C\C/C=C\C/C=C\CCCCCCCCCCCCCC(=O)NC(COP(=O)(O)OCC[N+](C)(C)C)C(/C=C/CCCCCCCCCCCC)OC(=O)CCCCCCCCCCC/C=C\C/C=C\C/C=C\C/C=C\CCCCC. The van der Waals surface area contributed by atoms with Gasteiger partial charge in [0.05, 0.1) is 33.8 Å². The fourth-order valence-electron chi connectivity index (χ4n) is 10.4. The fourth-order valence-corrected chi connectivity index (χ4v) is 11.2. The lowest BCUT2D eigenvalue weighted by Crippen LogP contribution is -2.47. The summed E-state index contributed by atoms with van der Waals surface area (Å²) >= 11 is 0. The van der Waals surface area contributed by atoms with E-state index in [1.165, 1.54) is 154 Å². The van der Waals surface area contributed by atoms with Gasteiger partial charge in [-0.25, -0.2) is 4.57 Å². The minimum Gasteiger partial charge on any atom is -0.456 e. The van der Waals surface area contributed by atoms with Crippen molar-refractivity contribution >= 4 is 19.7 Å². The molecule has 3 unspecified atom stereocenters. The van der Waals surface area contributed by atoms with Crippen LogP contribution in [0.5, 0.6) is 0 Å². The summed E-state index contributed by atoms with van der Waals surface area (Å²) in [7, 11) is 1.48. The molecule has 0 radical (unpaired) electrons. The van der Waals surface area contributed by atoms with Gasteiger partial charge in [0.2, 0.25) is 5.91 Å². The van der Waals surface area contributed by atoms with Gasteiger partial charge in [0, 0.05) is 12.8 Å². The van der Waals surface area contributed by atoms with Crippen LogP contribution in [0.3, 0.4) is 0 Å². The number of carbonyl (C=O) groups excluding carboxylic acids is 2. The molecule has 0 aliphatic heterocycles. The molecule has 0 aliphatic rings. The Morgan fingerprint density at radius 1 is 0.400 bits per heavy atom. The number of hydrogen-bond donors (Lipinski definition) is 2. The average Bonchev–Trinajstić information content (AvgIpc) is 3.04. The molecule has 0 saturated carbocycles. The van der Waals surface area contributed by atoms with E-state index < -0.39 is 20.0 Å². The number of nitrogens with one attached hydrogen (secondary N) is 1. The van der Waals surface area contributed by atoms with E-state index >= 15 is 0 Å². The number of unbranched alkanes of at least 4 members (excludes halogenated alkanes) is 33. The molecule has 2 N–H and O–H groups in total. The second kappa shape index (κ2) is 68.3. The number of allylic oxidation sites excluding steroid dienone is 19. The van der Waals surface area contributed by atoms with Crippen LogP contribution in [-0.4, -0.2) is 74.3 Å². The predicted octanol–water partition coefficient (Wildman–Crippen LogP) is 24.2. The van der Waals surface area contributed by atoms with Gasteiger partial charge in [-0.2, -0.15) is 0 Å². The zero-order chi connectivity index (χ0) is 65.6. The molecule has 3 atom stereocenters. The molecule has 0 saturated heterocycles. The third kappa shape index (κ3) is 68.8. The first-order valence-corrected chi connectivity index (χ1v) is 38.9. The van der Waals surface area contributed by atoms with Gasteiger partial charge in [-0.05, 0) is 122 Å². The summed E-state index contributed by atoms with van der Waals surface area (Å²) in [5.74, 6) is -0.514. The van der Waals surface area contributed by atoms with Crippen molar-refractivity contribution in [3.8, 4) is 0 Å². The van der Waals surface area contributed by atoms with Gasteiger partial charge in [-0.15, -0.1) is 0 Å². The first-order valence-electron chi connectivity index (χ1n) is 37.4. The summed E-state index contributed by atoms with van der Waals surface area (Å²) in [5.41, 5.74) is 0. The highest BCUT2D eigenvalue weighted by Crippen LogP contribution is 2.43. The Morgan fingerprint density at radius 3 is 1.09 bits per heavy atom. The van der Waals surface area contributed by atoms with Crippen LogP contribution in [0.25, 0.3) is 0 Å². The topological polar surface area (TPSA) is 111 Å². The number of rotatable bonds is 67. The van der Waals surface area contributed by atoms with Crippen molar-refractivity contribution in [1.29, 1.82) is 0 Å². The number of nitrogens with zero attached hydrogens (tertiary/aromatic N) is 1. The second-order valence-electron chi connectivity index (χ2n) is 26.1. The highest BCUT2D eigenvalue weighted by molar-refractivity contribution is 7.47. The number of amides is 1. The monoisotopic (exact) mass is 1270 g/mol. The normalized spacial score (nSPS) is 14.2. The zero-order valence-corrected chi connectivity index (χ0v) is 60.2. The number of carbonyl (C=O) groups is 2. The number of phosphoric acid groups is 1. The molecular weight excluding hydrogens is 1130 g/mol. The minimum atomic E-state index is -4.47. The largest absolute Gasteiger partial charge is 0.472 e. The number of likely N-dealkylation sites (N-methyl/N-ethyl adjacent to an activating group) is 1. The predicted molar refractivity (Wildman–Crippen MR) is 392 cm³/mol. The van der Waals surface area contributed by atoms with Crippen LogP contribution in [0, 0.1) is 0 Å². The van der Waals surface area contributed by atoms with Gasteiger partial charge < -0.3 is 19.4 Å². The van der Waals surface area contributed by atoms with Crippen LogP contribution in [0.15, 0.2) is 122 Å². The lowest BCUT2D eigenvalue weighted by Gasteiger charge is -2.27. The molecule has 0 aliphatic carbocycles. The van der Waals surface area contributed by atoms with Crippen LogP contribution in [0.2, 0.25) is 0 Å². The van der Waals surface area contributed by atoms with E-state index in [2.05, 4.69) is 135 Å². The van der Waals surface area contributed by atoms with E-state index in [0.29, 0.717) is 17.4 Å². The molecule has 90 heavy (non-hydrogen) atoms. The van der Waals surface area contributed by atoms with Crippen LogP contribution < -0.4 is 5.32 Å². The number of hydrogen-bond acceptors (Lipinski definition) is 6. The fraction of sp³-hybridized carbons (Fsp3) is 0.725. The molecule has 9 nitrogen and oxygen atoms in total. The highest BCUT2D eigenvalue weighted by atomic mass is 31.2. The lowest BCUT2D eigenvalue weighted by molar-refractivity contribution is -0.870. The van der Waals surface area contributed by atoms with Gasteiger partial charge in [0.15, 0.2) is 0 Å². The molecule has 0 aromatic heterocycles. The van der Waals surface area contributed by atoms with Crippen molar-refractivity contribution in [2.45, 2.75) is 335 Å². The molecule has 0 aromatic rings. The van der Waals surface area contributed by atoms with Crippen LogP contribution >= 0.6 is 7.82 Å². The summed E-state index contributed by atoms with van der Waals surface area (Å²) in [4.78, 5) is 38.0. The number of esters is 1. The van der Waals surface area contributed by atoms with Crippen molar-refractivity contribution in [2.24, 2.45) is 0 Å². The van der Waals surface area contributed by atoms with Crippen molar-refractivity contribution < 1.29 is 37.3 Å². The van der Waals surface area contributed by atoms with E-state index in [0.717, 1.165) is 135 Å². The van der Waals surface area contributed by atoms with Gasteiger partial charge in [-0.3, -0.25) is 18.6 Å².